The minimum atomic E-state index is 0.386. The predicted molar refractivity (Wildman–Crippen MR) is 102 cm³/mol. The van der Waals surface area contributed by atoms with E-state index in [0.717, 1.165) is 27.8 Å². The second-order valence-electron chi connectivity index (χ2n) is 5.53. The summed E-state index contributed by atoms with van der Waals surface area (Å²) in [4.78, 5) is 4.53. The summed E-state index contributed by atoms with van der Waals surface area (Å²) in [5.41, 5.74) is 1.70. The lowest BCUT2D eigenvalue weighted by molar-refractivity contribution is 0.294. The zero-order chi connectivity index (χ0) is 18.5. The second-order valence-corrected chi connectivity index (χ2v) is 6.91. The summed E-state index contributed by atoms with van der Waals surface area (Å²) >= 11 is 7.40. The van der Waals surface area contributed by atoms with Crippen LogP contribution >= 0.6 is 22.9 Å². The van der Waals surface area contributed by atoms with Gasteiger partial charge in [-0.1, -0.05) is 11.6 Å². The molecule has 136 valence electrons. The van der Waals surface area contributed by atoms with Crippen molar-refractivity contribution in [3.63, 3.8) is 0 Å². The highest BCUT2D eigenvalue weighted by atomic mass is 35.5. The van der Waals surface area contributed by atoms with Crippen molar-refractivity contribution < 1.29 is 13.9 Å². The van der Waals surface area contributed by atoms with Crippen LogP contribution in [-0.4, -0.2) is 15.2 Å². The smallest absolute Gasteiger partial charge is 0.247 e. The lowest BCUT2D eigenvalue weighted by Crippen LogP contribution is -1.98. The van der Waals surface area contributed by atoms with Gasteiger partial charge >= 0.3 is 0 Å². The van der Waals surface area contributed by atoms with Crippen LogP contribution in [0, 0.1) is 0 Å². The molecule has 2 aromatic heterocycles. The fourth-order valence-electron chi connectivity index (χ4n) is 2.31. The Kier molecular flexibility index (Phi) is 5.32. The van der Waals surface area contributed by atoms with Crippen molar-refractivity contribution in [2.45, 2.75) is 13.2 Å². The molecular weight excluding hydrogens is 386 g/mol. The molecule has 2 heterocycles. The van der Waals surface area contributed by atoms with Gasteiger partial charge in [-0.2, -0.15) is 0 Å². The first-order valence-electron chi connectivity index (χ1n) is 8.07. The minimum absolute atomic E-state index is 0.386. The number of nitrogens with zero attached hydrogens (tertiary/aromatic N) is 3. The molecule has 0 radical (unpaired) electrons. The molecule has 0 bridgehead atoms. The number of thiazole rings is 1. The maximum absolute atomic E-state index is 5.86. The molecule has 0 spiro atoms. The van der Waals surface area contributed by atoms with Crippen molar-refractivity contribution in [2.24, 2.45) is 0 Å². The third-order valence-electron chi connectivity index (χ3n) is 3.62. The normalized spacial score (nSPS) is 10.7. The van der Waals surface area contributed by atoms with Crippen LogP contribution in [0.15, 0.2) is 64.7 Å². The third kappa shape index (κ3) is 4.64. The predicted octanol–water partition coefficient (Wildman–Crippen LogP) is 5.00. The molecule has 8 heteroatoms. The zero-order valence-corrected chi connectivity index (χ0v) is 15.6. The van der Waals surface area contributed by atoms with Gasteiger partial charge in [-0.3, -0.25) is 0 Å². The van der Waals surface area contributed by atoms with Crippen molar-refractivity contribution in [1.29, 1.82) is 0 Å². The fraction of sp³-hybridized carbons (Fsp3) is 0.105. The van der Waals surface area contributed by atoms with Crippen molar-refractivity contribution in [1.82, 2.24) is 15.2 Å². The number of ether oxygens (including phenoxy) is 2. The van der Waals surface area contributed by atoms with Crippen LogP contribution in [0.1, 0.15) is 10.7 Å². The van der Waals surface area contributed by atoms with Gasteiger partial charge in [0.25, 0.3) is 0 Å². The van der Waals surface area contributed by atoms with Crippen LogP contribution in [0.2, 0.25) is 5.02 Å². The van der Waals surface area contributed by atoms with Gasteiger partial charge in [0.2, 0.25) is 12.3 Å². The Hall–Kier alpha value is -2.90. The molecule has 6 nitrogen and oxygen atoms in total. The van der Waals surface area contributed by atoms with E-state index >= 15 is 0 Å². The largest absolute Gasteiger partial charge is 0.487 e. The van der Waals surface area contributed by atoms with Crippen molar-refractivity contribution in [2.75, 3.05) is 0 Å². The first-order valence-corrected chi connectivity index (χ1v) is 9.33. The van der Waals surface area contributed by atoms with Crippen LogP contribution in [0.25, 0.3) is 11.5 Å². The molecule has 27 heavy (non-hydrogen) atoms. The molecule has 0 saturated carbocycles. The van der Waals surface area contributed by atoms with Gasteiger partial charge in [-0.25, -0.2) is 4.98 Å². The van der Waals surface area contributed by atoms with E-state index in [9.17, 15) is 0 Å². The Morgan fingerprint density at radius 2 is 1.63 bits per heavy atom. The van der Waals surface area contributed by atoms with E-state index in [2.05, 4.69) is 15.2 Å². The van der Waals surface area contributed by atoms with E-state index in [-0.39, 0.29) is 0 Å². The van der Waals surface area contributed by atoms with Crippen molar-refractivity contribution in [3.05, 3.63) is 76.0 Å². The SMILES string of the molecule is Clc1ccc(OCc2nc(COc3ccc(-c4nnco4)cc3)cs2)cc1. The molecule has 0 aliphatic carbocycles. The van der Waals surface area contributed by atoms with Crippen LogP contribution in [0.4, 0.5) is 0 Å². The Labute approximate surface area is 164 Å². The summed E-state index contributed by atoms with van der Waals surface area (Å²) in [6, 6.07) is 14.7. The molecule has 2 aromatic carbocycles. The molecule has 0 N–H and O–H groups in total. The van der Waals surface area contributed by atoms with Crippen molar-refractivity contribution >= 4 is 22.9 Å². The average Bonchev–Trinajstić information content (AvgIpc) is 3.39. The summed E-state index contributed by atoms with van der Waals surface area (Å²) in [6.07, 6.45) is 1.30. The average molecular weight is 400 g/mol. The van der Waals surface area contributed by atoms with E-state index in [1.165, 1.54) is 17.7 Å². The van der Waals surface area contributed by atoms with Gasteiger partial charge in [0, 0.05) is 16.0 Å². The summed E-state index contributed by atoms with van der Waals surface area (Å²) in [6.45, 7) is 0.794. The Morgan fingerprint density at radius 3 is 2.33 bits per heavy atom. The maximum Gasteiger partial charge on any atom is 0.247 e. The first kappa shape index (κ1) is 17.5. The number of hydrogen-bond acceptors (Lipinski definition) is 7. The van der Waals surface area contributed by atoms with E-state index in [0.29, 0.717) is 24.1 Å². The highest BCUT2D eigenvalue weighted by molar-refractivity contribution is 7.09. The summed E-state index contributed by atoms with van der Waals surface area (Å²) in [5, 5.41) is 11.1. The topological polar surface area (TPSA) is 70.3 Å². The van der Waals surface area contributed by atoms with Gasteiger partial charge in [-0.05, 0) is 48.5 Å². The summed E-state index contributed by atoms with van der Waals surface area (Å²) in [7, 11) is 0. The second kappa shape index (κ2) is 8.20. The Balaban J connectivity index is 1.29. The van der Waals surface area contributed by atoms with Crippen LogP contribution in [0.3, 0.4) is 0 Å². The molecule has 4 aromatic rings. The molecule has 0 fully saturated rings. The number of hydrogen-bond donors (Lipinski definition) is 0. The van der Waals surface area contributed by atoms with Gasteiger partial charge in [0.05, 0.1) is 5.69 Å². The summed E-state index contributed by atoms with van der Waals surface area (Å²) < 4.78 is 16.6. The molecular formula is C19H14ClN3O3S. The van der Waals surface area contributed by atoms with Gasteiger partial charge < -0.3 is 13.9 Å². The van der Waals surface area contributed by atoms with Crippen molar-refractivity contribution in [3.8, 4) is 23.0 Å². The maximum atomic E-state index is 5.86. The van der Waals surface area contributed by atoms with E-state index in [4.69, 9.17) is 25.5 Å². The fourth-order valence-corrected chi connectivity index (χ4v) is 3.12. The quantitative estimate of drug-likeness (QED) is 0.435. The lowest BCUT2D eigenvalue weighted by Gasteiger charge is -2.05. The van der Waals surface area contributed by atoms with E-state index in [1.807, 2.05) is 41.8 Å². The number of benzene rings is 2. The van der Waals surface area contributed by atoms with E-state index in [1.54, 1.807) is 12.1 Å². The van der Waals surface area contributed by atoms with Gasteiger partial charge in [0.15, 0.2) is 0 Å². The monoisotopic (exact) mass is 399 g/mol. The number of halogens is 1. The van der Waals surface area contributed by atoms with Crippen LogP contribution in [-0.2, 0) is 13.2 Å². The number of aromatic nitrogens is 3. The Bertz CT molecular complexity index is 986. The number of rotatable bonds is 7. The molecule has 0 amide bonds. The highest BCUT2D eigenvalue weighted by Crippen LogP contribution is 2.22. The standard InChI is InChI=1S/C19H14ClN3O3S/c20-14-3-7-17(8-4-14)25-10-18-22-15(11-27-18)9-24-16-5-1-13(2-6-16)19-23-21-12-26-19/h1-8,11-12H,9-10H2. The van der Waals surface area contributed by atoms with Gasteiger partial charge in [-0.15, -0.1) is 21.5 Å². The molecule has 0 aliphatic rings. The lowest BCUT2D eigenvalue weighted by atomic mass is 10.2. The minimum Gasteiger partial charge on any atom is -0.487 e. The molecule has 0 atom stereocenters. The zero-order valence-electron chi connectivity index (χ0n) is 14.0. The highest BCUT2D eigenvalue weighted by Gasteiger charge is 2.06. The summed E-state index contributed by atoms with van der Waals surface area (Å²) in [5.74, 6) is 1.98. The van der Waals surface area contributed by atoms with Crippen LogP contribution in [0.5, 0.6) is 11.5 Å². The Morgan fingerprint density at radius 1 is 0.926 bits per heavy atom. The molecule has 0 saturated heterocycles. The molecule has 0 unspecified atom stereocenters. The van der Waals surface area contributed by atoms with Crippen LogP contribution < -0.4 is 9.47 Å². The first-order chi connectivity index (χ1) is 13.3. The molecule has 4 rings (SSSR count). The van der Waals surface area contributed by atoms with Gasteiger partial charge in [0.1, 0.15) is 29.7 Å². The molecule has 0 aliphatic heterocycles. The van der Waals surface area contributed by atoms with E-state index < -0.39 is 0 Å². The third-order valence-corrected chi connectivity index (χ3v) is 4.75.